The van der Waals surface area contributed by atoms with Crippen molar-refractivity contribution >= 4 is 6.08 Å². The number of nitro groups is 1. The summed E-state index contributed by atoms with van der Waals surface area (Å²) in [5.74, 6) is 0.273. The Morgan fingerprint density at radius 3 is 2.69 bits per heavy atom. The van der Waals surface area contributed by atoms with Gasteiger partial charge in [-0.3, -0.25) is 15.1 Å². The highest BCUT2D eigenvalue weighted by Gasteiger charge is 2.12. The van der Waals surface area contributed by atoms with Gasteiger partial charge in [0, 0.05) is 24.4 Å². The van der Waals surface area contributed by atoms with Gasteiger partial charge in [0.15, 0.2) is 0 Å². The maximum atomic E-state index is 10.8. The van der Waals surface area contributed by atoms with Crippen LogP contribution in [0, 0.1) is 23.0 Å². The molecular weight excluding hydrogens is 204 g/mol. The van der Waals surface area contributed by atoms with Crippen molar-refractivity contribution in [1.29, 1.82) is 0 Å². The first-order valence-corrected chi connectivity index (χ1v) is 5.26. The fourth-order valence-electron chi connectivity index (χ4n) is 1.36. The zero-order valence-corrected chi connectivity index (χ0v) is 9.80. The fraction of sp³-hybridized carbons (Fsp3) is 0.417. The summed E-state index contributed by atoms with van der Waals surface area (Å²) in [5.41, 5.74) is 1.92. The Kier molecular flexibility index (Phi) is 4.17. The molecule has 0 N–H and O–H groups in total. The molecule has 0 radical (unpaired) electrons. The van der Waals surface area contributed by atoms with E-state index in [0.717, 1.165) is 11.3 Å². The SMILES string of the molecule is Cc1ccc(/C=C(/CC(C)C)[N+](=O)[O-])cn1. The molecular formula is C12H16N2O2. The van der Waals surface area contributed by atoms with Gasteiger partial charge in [0.05, 0.1) is 4.92 Å². The smallest absolute Gasteiger partial charge is 0.247 e. The van der Waals surface area contributed by atoms with E-state index in [1.807, 2.05) is 32.9 Å². The number of rotatable bonds is 4. The number of aromatic nitrogens is 1. The number of aryl methyl sites for hydroxylation is 1. The van der Waals surface area contributed by atoms with Crippen LogP contribution in [0.1, 0.15) is 31.5 Å². The van der Waals surface area contributed by atoms with Gasteiger partial charge >= 0.3 is 0 Å². The van der Waals surface area contributed by atoms with Crippen molar-refractivity contribution in [2.24, 2.45) is 5.92 Å². The molecule has 0 bridgehead atoms. The normalized spacial score (nSPS) is 11.9. The van der Waals surface area contributed by atoms with Crippen molar-refractivity contribution < 1.29 is 4.92 Å². The molecule has 4 heteroatoms. The summed E-state index contributed by atoms with van der Waals surface area (Å²) in [6, 6.07) is 3.69. The molecule has 0 saturated heterocycles. The lowest BCUT2D eigenvalue weighted by Crippen LogP contribution is -2.02. The van der Waals surface area contributed by atoms with Crippen LogP contribution in [0.5, 0.6) is 0 Å². The summed E-state index contributed by atoms with van der Waals surface area (Å²) < 4.78 is 0. The van der Waals surface area contributed by atoms with Gasteiger partial charge in [0.2, 0.25) is 5.70 Å². The van der Waals surface area contributed by atoms with Crippen molar-refractivity contribution in [1.82, 2.24) is 4.98 Å². The quantitative estimate of drug-likeness (QED) is 0.578. The average molecular weight is 220 g/mol. The maximum absolute atomic E-state index is 10.8. The number of pyridine rings is 1. The monoisotopic (exact) mass is 220 g/mol. The zero-order valence-electron chi connectivity index (χ0n) is 9.80. The third kappa shape index (κ3) is 3.81. The van der Waals surface area contributed by atoms with Crippen LogP contribution in [0.15, 0.2) is 24.0 Å². The minimum atomic E-state index is -0.320. The molecule has 0 aliphatic carbocycles. The second kappa shape index (κ2) is 5.39. The average Bonchev–Trinajstić information content (AvgIpc) is 2.19. The van der Waals surface area contributed by atoms with Crippen molar-refractivity contribution in [2.75, 3.05) is 0 Å². The molecule has 86 valence electrons. The van der Waals surface area contributed by atoms with Crippen LogP contribution in [0.2, 0.25) is 0 Å². The first-order chi connectivity index (χ1) is 7.49. The van der Waals surface area contributed by atoms with Crippen LogP contribution in [-0.4, -0.2) is 9.91 Å². The number of hydrogen-bond acceptors (Lipinski definition) is 3. The molecule has 1 heterocycles. The Hall–Kier alpha value is -1.71. The molecule has 0 fully saturated rings. The van der Waals surface area contributed by atoms with E-state index in [1.165, 1.54) is 0 Å². The summed E-state index contributed by atoms with van der Waals surface area (Å²) >= 11 is 0. The molecule has 0 aliphatic heterocycles. The topological polar surface area (TPSA) is 56.0 Å². The number of nitrogens with zero attached hydrogens (tertiary/aromatic N) is 2. The Morgan fingerprint density at radius 1 is 1.56 bits per heavy atom. The highest BCUT2D eigenvalue weighted by molar-refractivity contribution is 5.49. The molecule has 0 atom stereocenters. The van der Waals surface area contributed by atoms with E-state index in [9.17, 15) is 10.1 Å². The third-order valence-electron chi connectivity index (χ3n) is 2.12. The van der Waals surface area contributed by atoms with E-state index in [-0.39, 0.29) is 16.5 Å². The summed E-state index contributed by atoms with van der Waals surface area (Å²) in [6.45, 7) is 5.81. The second-order valence-corrected chi connectivity index (χ2v) is 4.22. The van der Waals surface area contributed by atoms with Crippen molar-refractivity contribution in [2.45, 2.75) is 27.2 Å². The summed E-state index contributed by atoms with van der Waals surface area (Å²) in [4.78, 5) is 14.6. The molecule has 0 aromatic carbocycles. The van der Waals surface area contributed by atoms with Gasteiger partial charge in [-0.15, -0.1) is 0 Å². The van der Waals surface area contributed by atoms with Gasteiger partial charge in [0.25, 0.3) is 0 Å². The highest BCUT2D eigenvalue weighted by Crippen LogP contribution is 2.15. The first-order valence-electron chi connectivity index (χ1n) is 5.26. The van der Waals surface area contributed by atoms with Crippen molar-refractivity contribution in [3.05, 3.63) is 45.4 Å². The van der Waals surface area contributed by atoms with Gasteiger partial charge in [-0.1, -0.05) is 19.9 Å². The highest BCUT2D eigenvalue weighted by atomic mass is 16.6. The Bertz CT molecular complexity index is 394. The van der Waals surface area contributed by atoms with E-state index in [0.29, 0.717) is 6.42 Å². The predicted molar refractivity (Wildman–Crippen MR) is 63.4 cm³/mol. The van der Waals surface area contributed by atoms with Crippen LogP contribution in [0.25, 0.3) is 6.08 Å². The lowest BCUT2D eigenvalue weighted by molar-refractivity contribution is -0.427. The molecule has 1 aromatic heterocycles. The Morgan fingerprint density at radius 2 is 2.25 bits per heavy atom. The molecule has 0 saturated carbocycles. The van der Waals surface area contributed by atoms with Crippen LogP contribution in [-0.2, 0) is 0 Å². The molecule has 1 aromatic rings. The van der Waals surface area contributed by atoms with Gasteiger partial charge < -0.3 is 0 Å². The van der Waals surface area contributed by atoms with Gasteiger partial charge in [-0.25, -0.2) is 0 Å². The van der Waals surface area contributed by atoms with Crippen LogP contribution >= 0.6 is 0 Å². The minimum absolute atomic E-state index is 0.237. The van der Waals surface area contributed by atoms with Gasteiger partial charge in [0.1, 0.15) is 0 Å². The van der Waals surface area contributed by atoms with E-state index in [2.05, 4.69) is 4.98 Å². The standard InChI is InChI=1S/C12H16N2O2/c1-9(2)6-12(14(15)16)7-11-5-4-10(3)13-8-11/h4-5,7-9H,6H2,1-3H3/b12-7-. The van der Waals surface area contributed by atoms with E-state index >= 15 is 0 Å². The summed E-state index contributed by atoms with van der Waals surface area (Å²) in [6.07, 6.45) is 3.71. The third-order valence-corrected chi connectivity index (χ3v) is 2.12. The molecule has 1 rings (SSSR count). The summed E-state index contributed by atoms with van der Waals surface area (Å²) in [7, 11) is 0. The molecule has 16 heavy (non-hydrogen) atoms. The fourth-order valence-corrected chi connectivity index (χ4v) is 1.36. The van der Waals surface area contributed by atoms with Gasteiger partial charge in [-0.05, 0) is 24.5 Å². The molecule has 0 unspecified atom stereocenters. The number of hydrogen-bond donors (Lipinski definition) is 0. The molecule has 0 aliphatic rings. The second-order valence-electron chi connectivity index (χ2n) is 4.22. The zero-order chi connectivity index (χ0) is 12.1. The van der Waals surface area contributed by atoms with E-state index in [4.69, 9.17) is 0 Å². The first kappa shape index (κ1) is 12.4. The minimum Gasteiger partial charge on any atom is -0.261 e. The van der Waals surface area contributed by atoms with E-state index in [1.54, 1.807) is 12.3 Å². The summed E-state index contributed by atoms with van der Waals surface area (Å²) in [5, 5.41) is 10.8. The Balaban J connectivity index is 2.93. The molecule has 0 amide bonds. The lowest BCUT2D eigenvalue weighted by Gasteiger charge is -2.02. The van der Waals surface area contributed by atoms with Gasteiger partial charge in [-0.2, -0.15) is 0 Å². The number of allylic oxidation sites excluding steroid dienone is 1. The molecule has 4 nitrogen and oxygen atoms in total. The van der Waals surface area contributed by atoms with E-state index < -0.39 is 0 Å². The lowest BCUT2D eigenvalue weighted by atomic mass is 10.1. The largest absolute Gasteiger partial charge is 0.261 e. The van der Waals surface area contributed by atoms with Crippen LogP contribution in [0.3, 0.4) is 0 Å². The predicted octanol–water partition coefficient (Wildman–Crippen LogP) is 3.05. The van der Waals surface area contributed by atoms with Crippen molar-refractivity contribution in [3.8, 4) is 0 Å². The Labute approximate surface area is 95.2 Å². The van der Waals surface area contributed by atoms with Crippen LogP contribution < -0.4 is 0 Å². The van der Waals surface area contributed by atoms with Crippen molar-refractivity contribution in [3.63, 3.8) is 0 Å². The maximum Gasteiger partial charge on any atom is 0.247 e. The van der Waals surface area contributed by atoms with Crippen LogP contribution in [0.4, 0.5) is 0 Å². The molecule has 0 spiro atoms.